The van der Waals surface area contributed by atoms with Gasteiger partial charge in [0.25, 0.3) is 0 Å². The largest absolute Gasteiger partial charge is 0.493 e. The van der Waals surface area contributed by atoms with E-state index in [1.165, 1.54) is 13.2 Å². The van der Waals surface area contributed by atoms with Gasteiger partial charge in [-0.2, -0.15) is 0 Å². The molecular weight excluding hydrogens is 282 g/mol. The molecule has 0 aliphatic carbocycles. The van der Waals surface area contributed by atoms with Gasteiger partial charge in [0, 0.05) is 6.08 Å². The lowest BCUT2D eigenvalue weighted by Gasteiger charge is -2.10. The van der Waals surface area contributed by atoms with Crippen molar-refractivity contribution in [3.05, 3.63) is 65.7 Å². The minimum atomic E-state index is -0.543. The molecule has 0 unspecified atom stereocenters. The van der Waals surface area contributed by atoms with Crippen LogP contribution in [0.1, 0.15) is 15.9 Å². The monoisotopic (exact) mass is 297 g/mol. The van der Waals surface area contributed by atoms with E-state index in [2.05, 4.69) is 0 Å². The second-order valence-corrected chi connectivity index (χ2v) is 4.40. The lowest BCUT2D eigenvalue weighted by atomic mass is 10.2. The second-order valence-electron chi connectivity index (χ2n) is 4.40. The molecule has 1 amide bonds. The number of carbonyl (C=O) groups is 2. The molecule has 2 N–H and O–H groups in total. The van der Waals surface area contributed by atoms with E-state index < -0.39 is 11.9 Å². The summed E-state index contributed by atoms with van der Waals surface area (Å²) < 4.78 is 10.5. The molecule has 0 aliphatic rings. The first-order chi connectivity index (χ1) is 10.6. The molecule has 0 saturated heterocycles. The summed E-state index contributed by atoms with van der Waals surface area (Å²) in [6.45, 7) is 0. The molecule has 5 heteroatoms. The van der Waals surface area contributed by atoms with Gasteiger partial charge in [0.1, 0.15) is 0 Å². The Morgan fingerprint density at radius 1 is 1.05 bits per heavy atom. The van der Waals surface area contributed by atoms with Gasteiger partial charge >= 0.3 is 5.97 Å². The van der Waals surface area contributed by atoms with Gasteiger partial charge in [-0.1, -0.05) is 24.3 Å². The van der Waals surface area contributed by atoms with Gasteiger partial charge < -0.3 is 15.2 Å². The molecule has 0 heterocycles. The van der Waals surface area contributed by atoms with E-state index in [1.54, 1.807) is 48.5 Å². The van der Waals surface area contributed by atoms with Crippen LogP contribution in [0.4, 0.5) is 0 Å². The molecule has 0 aromatic heterocycles. The van der Waals surface area contributed by atoms with Crippen LogP contribution in [0, 0.1) is 0 Å². The van der Waals surface area contributed by atoms with Crippen LogP contribution in [0.2, 0.25) is 0 Å². The first-order valence-corrected chi connectivity index (χ1v) is 6.53. The van der Waals surface area contributed by atoms with E-state index in [1.807, 2.05) is 6.07 Å². The Bertz CT molecular complexity index is 708. The molecule has 0 aliphatic heterocycles. The van der Waals surface area contributed by atoms with Crippen molar-refractivity contribution in [3.8, 4) is 11.5 Å². The first-order valence-electron chi connectivity index (χ1n) is 6.53. The number of ether oxygens (including phenoxy) is 2. The maximum absolute atomic E-state index is 12.0. The predicted molar refractivity (Wildman–Crippen MR) is 82.6 cm³/mol. The van der Waals surface area contributed by atoms with Crippen molar-refractivity contribution in [2.24, 2.45) is 5.73 Å². The third-order valence-corrected chi connectivity index (χ3v) is 2.84. The molecule has 0 radical (unpaired) electrons. The number of esters is 1. The van der Waals surface area contributed by atoms with Gasteiger partial charge in [-0.25, -0.2) is 4.79 Å². The fourth-order valence-corrected chi connectivity index (χ4v) is 1.78. The van der Waals surface area contributed by atoms with E-state index in [0.29, 0.717) is 22.6 Å². The fourth-order valence-electron chi connectivity index (χ4n) is 1.78. The Labute approximate surface area is 128 Å². The third kappa shape index (κ3) is 3.96. The zero-order chi connectivity index (χ0) is 15.9. The lowest BCUT2D eigenvalue weighted by molar-refractivity contribution is -0.113. The summed E-state index contributed by atoms with van der Waals surface area (Å²) in [7, 11) is 1.47. The quantitative estimate of drug-likeness (QED) is 0.522. The topological polar surface area (TPSA) is 78.6 Å². The van der Waals surface area contributed by atoms with Gasteiger partial charge in [-0.3, -0.25) is 4.79 Å². The number of primary amides is 1. The van der Waals surface area contributed by atoms with Gasteiger partial charge in [-0.15, -0.1) is 0 Å². The van der Waals surface area contributed by atoms with Gasteiger partial charge in [0.15, 0.2) is 11.5 Å². The Kier molecular flexibility index (Phi) is 4.93. The summed E-state index contributed by atoms with van der Waals surface area (Å²) in [6, 6.07) is 13.6. The standard InChI is InChI=1S/C17H15NO4/c1-21-15-11-12(8-10-16(18)19)7-9-14(15)22-17(20)13-5-3-2-4-6-13/h2-11H,1H3,(H2,18,19). The molecule has 0 saturated carbocycles. The summed E-state index contributed by atoms with van der Waals surface area (Å²) in [5, 5.41) is 0. The van der Waals surface area contributed by atoms with Crippen LogP contribution in [-0.4, -0.2) is 19.0 Å². The number of nitrogens with two attached hydrogens (primary N) is 1. The number of methoxy groups -OCH3 is 1. The summed E-state index contributed by atoms with van der Waals surface area (Å²) in [6.07, 6.45) is 2.79. The van der Waals surface area contributed by atoms with Crippen molar-refractivity contribution in [3.63, 3.8) is 0 Å². The lowest BCUT2D eigenvalue weighted by Crippen LogP contribution is -2.09. The molecule has 2 aromatic rings. The average Bonchev–Trinajstić information content (AvgIpc) is 2.54. The van der Waals surface area contributed by atoms with Crippen molar-refractivity contribution in [1.82, 2.24) is 0 Å². The van der Waals surface area contributed by atoms with E-state index in [4.69, 9.17) is 15.2 Å². The maximum atomic E-state index is 12.0. The van der Waals surface area contributed by atoms with Crippen molar-refractivity contribution in [2.75, 3.05) is 7.11 Å². The molecule has 2 aromatic carbocycles. The van der Waals surface area contributed by atoms with Gasteiger partial charge in [-0.05, 0) is 35.9 Å². The van der Waals surface area contributed by atoms with Crippen LogP contribution in [0.3, 0.4) is 0 Å². The predicted octanol–water partition coefficient (Wildman–Crippen LogP) is 2.41. The maximum Gasteiger partial charge on any atom is 0.343 e. The Morgan fingerprint density at radius 3 is 2.41 bits per heavy atom. The SMILES string of the molecule is COc1cc(C=CC(N)=O)ccc1OC(=O)c1ccccc1. The summed E-state index contributed by atoms with van der Waals surface area (Å²) in [5.41, 5.74) is 6.20. The van der Waals surface area contributed by atoms with E-state index in [9.17, 15) is 9.59 Å². The molecule has 5 nitrogen and oxygen atoms in total. The highest BCUT2D eigenvalue weighted by molar-refractivity contribution is 5.92. The minimum absolute atomic E-state index is 0.299. The molecule has 0 atom stereocenters. The highest BCUT2D eigenvalue weighted by Crippen LogP contribution is 2.29. The normalized spacial score (nSPS) is 10.4. The zero-order valence-corrected chi connectivity index (χ0v) is 12.0. The smallest absolute Gasteiger partial charge is 0.343 e. The second kappa shape index (κ2) is 7.08. The number of carbonyl (C=O) groups excluding carboxylic acids is 2. The highest BCUT2D eigenvalue weighted by atomic mass is 16.6. The average molecular weight is 297 g/mol. The summed E-state index contributed by atoms with van der Waals surface area (Å²) in [4.78, 5) is 22.8. The van der Waals surface area contributed by atoms with E-state index in [0.717, 1.165) is 0 Å². The molecular formula is C17H15NO4. The molecule has 22 heavy (non-hydrogen) atoms. The summed E-state index contributed by atoms with van der Waals surface area (Å²) in [5.74, 6) is -0.332. The van der Waals surface area contributed by atoms with Crippen molar-refractivity contribution >= 4 is 18.0 Å². The number of hydrogen-bond acceptors (Lipinski definition) is 4. The Morgan fingerprint density at radius 2 is 1.77 bits per heavy atom. The van der Waals surface area contributed by atoms with Crippen LogP contribution < -0.4 is 15.2 Å². The number of rotatable bonds is 5. The van der Waals surface area contributed by atoms with Crippen molar-refractivity contribution in [2.45, 2.75) is 0 Å². The van der Waals surface area contributed by atoms with Gasteiger partial charge in [0.05, 0.1) is 12.7 Å². The van der Waals surface area contributed by atoms with Crippen LogP contribution in [0.15, 0.2) is 54.6 Å². The molecule has 0 spiro atoms. The van der Waals surface area contributed by atoms with E-state index >= 15 is 0 Å². The first kappa shape index (κ1) is 15.3. The molecule has 0 bridgehead atoms. The Balaban J connectivity index is 2.21. The number of benzene rings is 2. The molecule has 0 fully saturated rings. The van der Waals surface area contributed by atoms with E-state index in [-0.39, 0.29) is 0 Å². The van der Waals surface area contributed by atoms with Crippen molar-refractivity contribution in [1.29, 1.82) is 0 Å². The van der Waals surface area contributed by atoms with Gasteiger partial charge in [0.2, 0.25) is 5.91 Å². The molecule has 2 rings (SSSR count). The van der Waals surface area contributed by atoms with Crippen LogP contribution in [0.25, 0.3) is 6.08 Å². The van der Waals surface area contributed by atoms with Crippen molar-refractivity contribution < 1.29 is 19.1 Å². The molecule has 112 valence electrons. The Hall–Kier alpha value is -3.08. The summed E-state index contributed by atoms with van der Waals surface area (Å²) >= 11 is 0. The van der Waals surface area contributed by atoms with Crippen LogP contribution in [-0.2, 0) is 4.79 Å². The third-order valence-electron chi connectivity index (χ3n) is 2.84. The minimum Gasteiger partial charge on any atom is -0.493 e. The highest BCUT2D eigenvalue weighted by Gasteiger charge is 2.12. The number of hydrogen-bond donors (Lipinski definition) is 1. The fraction of sp³-hybridized carbons (Fsp3) is 0.0588. The van der Waals surface area contributed by atoms with Crippen LogP contribution >= 0.6 is 0 Å². The number of amides is 1. The zero-order valence-electron chi connectivity index (χ0n) is 12.0. The van der Waals surface area contributed by atoms with Crippen LogP contribution in [0.5, 0.6) is 11.5 Å².